The van der Waals surface area contributed by atoms with Gasteiger partial charge in [0.25, 0.3) is 5.91 Å². The van der Waals surface area contributed by atoms with Gasteiger partial charge in [-0.2, -0.15) is 0 Å². The second-order valence-electron chi connectivity index (χ2n) is 8.99. The molecule has 3 aromatic carbocycles. The minimum atomic E-state index is -0.486. The summed E-state index contributed by atoms with van der Waals surface area (Å²) in [5.41, 5.74) is 3.36. The van der Waals surface area contributed by atoms with Gasteiger partial charge in [-0.3, -0.25) is 9.59 Å². The third kappa shape index (κ3) is 4.34. The minimum Gasteiger partial charge on any atom is -0.497 e. The van der Waals surface area contributed by atoms with Crippen LogP contribution in [-0.4, -0.2) is 62.0 Å². The van der Waals surface area contributed by atoms with Crippen LogP contribution in [0.1, 0.15) is 33.4 Å². The maximum Gasteiger partial charge on any atom is 0.254 e. The first-order chi connectivity index (χ1) is 17.0. The Morgan fingerprint density at radius 3 is 2.34 bits per heavy atom. The average Bonchev–Trinajstić information content (AvgIpc) is 2.90. The van der Waals surface area contributed by atoms with E-state index in [1.54, 1.807) is 19.1 Å². The van der Waals surface area contributed by atoms with Gasteiger partial charge in [-0.05, 0) is 47.5 Å². The molecular weight excluding hydrogens is 462 g/mol. The highest BCUT2D eigenvalue weighted by Crippen LogP contribution is 2.43. The van der Waals surface area contributed by atoms with Crippen LogP contribution in [0.15, 0.2) is 72.8 Å². The zero-order valence-electron chi connectivity index (χ0n) is 19.9. The van der Waals surface area contributed by atoms with Crippen molar-refractivity contribution in [3.8, 4) is 5.75 Å². The van der Waals surface area contributed by atoms with Crippen LogP contribution in [0, 0.1) is 0 Å². The van der Waals surface area contributed by atoms with Gasteiger partial charge in [0.05, 0.1) is 19.1 Å². The number of ether oxygens (including phenoxy) is 1. The Hall–Kier alpha value is -3.51. The number of hydrogen-bond donors (Lipinski definition) is 0. The van der Waals surface area contributed by atoms with Gasteiger partial charge in [-0.1, -0.05) is 48.0 Å². The number of halogens is 1. The van der Waals surface area contributed by atoms with Crippen molar-refractivity contribution in [1.29, 1.82) is 0 Å². The zero-order chi connectivity index (χ0) is 24.5. The van der Waals surface area contributed by atoms with Crippen molar-refractivity contribution >= 4 is 29.1 Å². The van der Waals surface area contributed by atoms with Crippen LogP contribution in [0.4, 0.5) is 5.69 Å². The number of carbonyl (C=O) groups excluding carboxylic acids is 2. The van der Waals surface area contributed by atoms with Gasteiger partial charge in [0.2, 0.25) is 5.91 Å². The topological polar surface area (TPSA) is 53.1 Å². The molecule has 0 aliphatic carbocycles. The minimum absolute atomic E-state index is 0.0448. The molecule has 3 aromatic rings. The first-order valence-electron chi connectivity index (χ1n) is 11.8. The normalized spacial score (nSPS) is 20.0. The molecule has 5 rings (SSSR count). The lowest BCUT2D eigenvalue weighted by Crippen LogP contribution is -2.53. The maximum atomic E-state index is 14.1. The van der Waals surface area contributed by atoms with Crippen LogP contribution in [-0.2, 0) is 4.79 Å². The molecular formula is C28H28ClN3O3. The zero-order valence-corrected chi connectivity index (χ0v) is 20.6. The number of rotatable bonds is 4. The standard InChI is InChI=1S/C28H28ClN3O3/c1-30-26(19-10-12-22(35-2)13-11-19)25(23-8-3-4-9-24(23)27(30)33)28(34)32-16-14-31(15-17-32)21-7-5-6-20(29)18-21/h3-13,18,25-26H,14-17H2,1-2H3. The van der Waals surface area contributed by atoms with E-state index in [1.807, 2.05) is 77.7 Å². The summed E-state index contributed by atoms with van der Waals surface area (Å²) in [6.07, 6.45) is 0. The van der Waals surface area contributed by atoms with Crippen molar-refractivity contribution in [2.75, 3.05) is 45.2 Å². The third-order valence-corrected chi connectivity index (χ3v) is 7.30. The van der Waals surface area contributed by atoms with E-state index in [4.69, 9.17) is 16.3 Å². The number of fused-ring (bicyclic) bond motifs is 1. The summed E-state index contributed by atoms with van der Waals surface area (Å²) < 4.78 is 5.32. The average molecular weight is 490 g/mol. The van der Waals surface area contributed by atoms with Crippen molar-refractivity contribution in [2.24, 2.45) is 0 Å². The molecule has 2 heterocycles. The molecule has 0 N–H and O–H groups in total. The summed E-state index contributed by atoms with van der Waals surface area (Å²) in [6.45, 7) is 2.67. The second-order valence-corrected chi connectivity index (χ2v) is 9.43. The number of carbonyl (C=O) groups is 2. The van der Waals surface area contributed by atoms with E-state index in [1.165, 1.54) is 0 Å². The summed E-state index contributed by atoms with van der Waals surface area (Å²) in [6, 6.07) is 22.5. The molecule has 1 saturated heterocycles. The SMILES string of the molecule is COc1ccc(C2C(C(=O)N3CCN(c4cccc(Cl)c4)CC3)c3ccccc3C(=O)N2C)cc1. The quantitative estimate of drug-likeness (QED) is 0.537. The van der Waals surface area contributed by atoms with Crippen LogP contribution >= 0.6 is 11.6 Å². The first kappa shape index (κ1) is 23.2. The van der Waals surface area contributed by atoms with Gasteiger partial charge >= 0.3 is 0 Å². The molecule has 2 atom stereocenters. The number of benzene rings is 3. The fraction of sp³-hybridized carbons (Fsp3) is 0.286. The molecule has 7 heteroatoms. The van der Waals surface area contributed by atoms with Gasteiger partial charge in [0.15, 0.2) is 0 Å². The third-order valence-electron chi connectivity index (χ3n) is 7.07. The molecule has 0 aromatic heterocycles. The lowest BCUT2D eigenvalue weighted by molar-refractivity contribution is -0.134. The molecule has 2 unspecified atom stereocenters. The second kappa shape index (κ2) is 9.62. The largest absolute Gasteiger partial charge is 0.497 e. The number of piperazine rings is 1. The highest BCUT2D eigenvalue weighted by Gasteiger charge is 2.44. The molecule has 1 fully saturated rings. The number of methoxy groups -OCH3 is 1. The molecule has 35 heavy (non-hydrogen) atoms. The summed E-state index contributed by atoms with van der Waals surface area (Å²) in [5.74, 6) is 0.221. The van der Waals surface area contributed by atoms with E-state index >= 15 is 0 Å². The number of likely N-dealkylation sites (N-methyl/N-ethyl adjacent to an activating group) is 1. The summed E-state index contributed by atoms with van der Waals surface area (Å²) in [5, 5.41) is 0.704. The fourth-order valence-electron chi connectivity index (χ4n) is 5.21. The molecule has 0 spiro atoms. The van der Waals surface area contributed by atoms with Crippen molar-refractivity contribution in [1.82, 2.24) is 9.80 Å². The fourth-order valence-corrected chi connectivity index (χ4v) is 5.40. The van der Waals surface area contributed by atoms with Crippen LogP contribution in [0.3, 0.4) is 0 Å². The van der Waals surface area contributed by atoms with E-state index in [9.17, 15) is 9.59 Å². The lowest BCUT2D eigenvalue weighted by atomic mass is 9.79. The monoisotopic (exact) mass is 489 g/mol. The molecule has 180 valence electrons. The number of hydrogen-bond acceptors (Lipinski definition) is 4. The Morgan fingerprint density at radius 1 is 0.943 bits per heavy atom. The Morgan fingerprint density at radius 2 is 1.66 bits per heavy atom. The van der Waals surface area contributed by atoms with Gasteiger partial charge in [0, 0.05) is 49.5 Å². The highest BCUT2D eigenvalue weighted by molar-refractivity contribution is 6.30. The predicted molar refractivity (Wildman–Crippen MR) is 137 cm³/mol. The van der Waals surface area contributed by atoms with Crippen LogP contribution in [0.25, 0.3) is 0 Å². The van der Waals surface area contributed by atoms with Gasteiger partial charge in [-0.25, -0.2) is 0 Å². The van der Waals surface area contributed by atoms with Crippen LogP contribution in [0.5, 0.6) is 5.75 Å². The summed E-state index contributed by atoms with van der Waals surface area (Å²) >= 11 is 6.18. The number of amides is 2. The van der Waals surface area contributed by atoms with Crippen molar-refractivity contribution in [3.05, 3.63) is 94.5 Å². The first-order valence-corrected chi connectivity index (χ1v) is 12.1. The Labute approximate surface area is 210 Å². The molecule has 0 radical (unpaired) electrons. The van der Waals surface area contributed by atoms with E-state index in [2.05, 4.69) is 4.90 Å². The smallest absolute Gasteiger partial charge is 0.254 e. The Balaban J connectivity index is 1.45. The van der Waals surface area contributed by atoms with Crippen molar-refractivity contribution in [3.63, 3.8) is 0 Å². The van der Waals surface area contributed by atoms with Crippen molar-refractivity contribution in [2.45, 2.75) is 12.0 Å². The van der Waals surface area contributed by atoms with Crippen LogP contribution < -0.4 is 9.64 Å². The van der Waals surface area contributed by atoms with E-state index < -0.39 is 12.0 Å². The molecule has 2 amide bonds. The molecule has 0 saturated carbocycles. The molecule has 2 aliphatic rings. The Kier molecular flexibility index (Phi) is 6.39. The molecule has 6 nitrogen and oxygen atoms in total. The predicted octanol–water partition coefficient (Wildman–Crippen LogP) is 4.61. The molecule has 2 aliphatic heterocycles. The van der Waals surface area contributed by atoms with E-state index in [0.717, 1.165) is 35.7 Å². The Bertz CT molecular complexity index is 1240. The van der Waals surface area contributed by atoms with E-state index in [0.29, 0.717) is 23.7 Å². The van der Waals surface area contributed by atoms with Gasteiger partial charge < -0.3 is 19.4 Å². The van der Waals surface area contributed by atoms with Crippen LogP contribution in [0.2, 0.25) is 5.02 Å². The van der Waals surface area contributed by atoms with Crippen molar-refractivity contribution < 1.29 is 14.3 Å². The maximum absolute atomic E-state index is 14.1. The highest BCUT2D eigenvalue weighted by atomic mass is 35.5. The lowest BCUT2D eigenvalue weighted by Gasteiger charge is -2.43. The molecule has 0 bridgehead atoms. The number of anilines is 1. The van der Waals surface area contributed by atoms with E-state index in [-0.39, 0.29) is 11.8 Å². The number of nitrogens with zero attached hydrogens (tertiary/aromatic N) is 3. The van der Waals surface area contributed by atoms with Gasteiger partial charge in [-0.15, -0.1) is 0 Å². The summed E-state index contributed by atoms with van der Waals surface area (Å²) in [7, 11) is 3.40. The summed E-state index contributed by atoms with van der Waals surface area (Å²) in [4.78, 5) is 33.2. The van der Waals surface area contributed by atoms with Gasteiger partial charge in [0.1, 0.15) is 5.75 Å².